The Morgan fingerprint density at radius 2 is 1.79 bits per heavy atom. The summed E-state index contributed by atoms with van der Waals surface area (Å²) >= 11 is 0. The SMILES string of the molecule is CCCS(=O)(=O)c1ccc(NCCCN(C)C)cc1. The van der Waals surface area contributed by atoms with Gasteiger partial charge in [0.25, 0.3) is 0 Å². The predicted octanol–water partition coefficient (Wildman–Crippen LogP) is 2.23. The minimum Gasteiger partial charge on any atom is -0.385 e. The van der Waals surface area contributed by atoms with E-state index < -0.39 is 9.84 Å². The Morgan fingerprint density at radius 3 is 2.32 bits per heavy atom. The lowest BCUT2D eigenvalue weighted by Crippen LogP contribution is -2.16. The zero-order valence-corrected chi connectivity index (χ0v) is 12.8. The highest BCUT2D eigenvalue weighted by Crippen LogP contribution is 2.16. The first-order valence-electron chi connectivity index (χ1n) is 6.67. The minimum atomic E-state index is -3.10. The Morgan fingerprint density at radius 1 is 1.16 bits per heavy atom. The van der Waals surface area contributed by atoms with Crippen LogP contribution in [0.1, 0.15) is 19.8 Å². The van der Waals surface area contributed by atoms with E-state index in [0.29, 0.717) is 11.3 Å². The van der Waals surface area contributed by atoms with Crippen molar-refractivity contribution in [2.45, 2.75) is 24.7 Å². The van der Waals surface area contributed by atoms with Gasteiger partial charge in [0.05, 0.1) is 10.6 Å². The van der Waals surface area contributed by atoms with Crippen molar-refractivity contribution in [1.82, 2.24) is 4.90 Å². The zero-order chi connectivity index (χ0) is 14.3. The second-order valence-corrected chi connectivity index (χ2v) is 7.04. The molecule has 1 rings (SSSR count). The summed E-state index contributed by atoms with van der Waals surface area (Å²) < 4.78 is 23.7. The second-order valence-electron chi connectivity index (χ2n) is 4.93. The number of rotatable bonds is 8. The first-order valence-corrected chi connectivity index (χ1v) is 8.32. The van der Waals surface area contributed by atoms with Crippen molar-refractivity contribution in [2.24, 2.45) is 0 Å². The molecule has 0 amide bonds. The van der Waals surface area contributed by atoms with E-state index in [1.807, 2.05) is 33.2 Å². The summed E-state index contributed by atoms with van der Waals surface area (Å²) in [7, 11) is 1.00. The maximum atomic E-state index is 11.9. The van der Waals surface area contributed by atoms with Gasteiger partial charge in [0.2, 0.25) is 0 Å². The minimum absolute atomic E-state index is 0.211. The molecular formula is C14H24N2O2S. The Hall–Kier alpha value is -1.07. The van der Waals surface area contributed by atoms with Gasteiger partial charge in [-0.25, -0.2) is 8.42 Å². The molecule has 0 aliphatic rings. The number of sulfone groups is 1. The van der Waals surface area contributed by atoms with E-state index in [2.05, 4.69) is 10.2 Å². The van der Waals surface area contributed by atoms with E-state index in [-0.39, 0.29) is 5.75 Å². The molecule has 0 unspecified atom stereocenters. The summed E-state index contributed by atoms with van der Waals surface area (Å²) in [6, 6.07) is 7.02. The Kier molecular flexibility index (Phi) is 6.31. The summed E-state index contributed by atoms with van der Waals surface area (Å²) in [5, 5.41) is 3.29. The zero-order valence-electron chi connectivity index (χ0n) is 12.0. The van der Waals surface area contributed by atoms with Crippen molar-refractivity contribution in [3.05, 3.63) is 24.3 Å². The Balaban J connectivity index is 2.52. The highest BCUT2D eigenvalue weighted by Gasteiger charge is 2.12. The van der Waals surface area contributed by atoms with Crippen molar-refractivity contribution in [3.63, 3.8) is 0 Å². The van der Waals surface area contributed by atoms with Crippen molar-refractivity contribution < 1.29 is 8.42 Å². The highest BCUT2D eigenvalue weighted by molar-refractivity contribution is 7.91. The summed E-state index contributed by atoms with van der Waals surface area (Å²) in [5.41, 5.74) is 0.967. The lowest BCUT2D eigenvalue weighted by molar-refractivity contribution is 0.405. The fraction of sp³-hybridized carbons (Fsp3) is 0.571. The molecule has 0 aliphatic heterocycles. The normalized spacial score (nSPS) is 11.8. The number of anilines is 1. The second kappa shape index (κ2) is 7.50. The molecule has 0 atom stereocenters. The van der Waals surface area contributed by atoms with E-state index in [1.54, 1.807) is 12.1 Å². The van der Waals surface area contributed by atoms with Gasteiger partial charge >= 0.3 is 0 Å². The Labute approximate surface area is 116 Å². The van der Waals surface area contributed by atoms with Crippen molar-refractivity contribution in [2.75, 3.05) is 38.3 Å². The van der Waals surface area contributed by atoms with Gasteiger partial charge in [-0.05, 0) is 57.7 Å². The van der Waals surface area contributed by atoms with Gasteiger partial charge in [-0.2, -0.15) is 0 Å². The lowest BCUT2D eigenvalue weighted by Gasteiger charge is -2.11. The summed E-state index contributed by atoms with van der Waals surface area (Å²) in [5.74, 6) is 0.211. The summed E-state index contributed by atoms with van der Waals surface area (Å²) in [6.45, 7) is 3.80. The molecule has 0 saturated carbocycles. The average molecular weight is 284 g/mol. The maximum Gasteiger partial charge on any atom is 0.178 e. The smallest absolute Gasteiger partial charge is 0.178 e. The third kappa shape index (κ3) is 5.61. The van der Waals surface area contributed by atoms with Crippen LogP contribution in [0.5, 0.6) is 0 Å². The van der Waals surface area contributed by atoms with Gasteiger partial charge in [0.15, 0.2) is 9.84 Å². The third-order valence-electron chi connectivity index (χ3n) is 2.80. The molecule has 0 radical (unpaired) electrons. The van der Waals surface area contributed by atoms with Gasteiger partial charge in [-0.3, -0.25) is 0 Å². The van der Waals surface area contributed by atoms with Crippen LogP contribution in [0.15, 0.2) is 29.2 Å². The predicted molar refractivity (Wildman–Crippen MR) is 80.4 cm³/mol. The highest BCUT2D eigenvalue weighted by atomic mass is 32.2. The van der Waals surface area contributed by atoms with Crippen LogP contribution in [0, 0.1) is 0 Å². The standard InChI is InChI=1S/C14H24N2O2S/c1-4-12-19(17,18)14-8-6-13(7-9-14)15-10-5-11-16(2)3/h6-9,15H,4-5,10-12H2,1-3H3. The van der Waals surface area contributed by atoms with Crippen LogP contribution in [0.4, 0.5) is 5.69 Å². The van der Waals surface area contributed by atoms with E-state index in [0.717, 1.165) is 25.2 Å². The summed E-state index contributed by atoms with van der Waals surface area (Å²) in [4.78, 5) is 2.55. The molecule has 0 heterocycles. The molecule has 108 valence electrons. The molecule has 1 aromatic rings. The third-order valence-corrected chi connectivity index (χ3v) is 4.73. The topological polar surface area (TPSA) is 49.4 Å². The number of nitrogens with one attached hydrogen (secondary N) is 1. The summed E-state index contributed by atoms with van der Waals surface area (Å²) in [6.07, 6.45) is 1.70. The van der Waals surface area contributed by atoms with Crippen molar-refractivity contribution in [1.29, 1.82) is 0 Å². The molecule has 1 aromatic carbocycles. The Bertz CT molecular complexity index is 467. The van der Waals surface area contributed by atoms with Gasteiger partial charge in [-0.15, -0.1) is 0 Å². The maximum absolute atomic E-state index is 11.9. The van der Waals surface area contributed by atoms with Gasteiger partial charge < -0.3 is 10.2 Å². The molecule has 4 nitrogen and oxygen atoms in total. The van der Waals surface area contributed by atoms with Crippen LogP contribution in [-0.2, 0) is 9.84 Å². The lowest BCUT2D eigenvalue weighted by atomic mass is 10.3. The molecular weight excluding hydrogens is 260 g/mol. The van der Waals surface area contributed by atoms with E-state index >= 15 is 0 Å². The molecule has 0 bridgehead atoms. The fourth-order valence-corrected chi connectivity index (χ4v) is 3.12. The van der Waals surface area contributed by atoms with Crippen molar-refractivity contribution in [3.8, 4) is 0 Å². The molecule has 0 spiro atoms. The number of hydrogen-bond donors (Lipinski definition) is 1. The van der Waals surface area contributed by atoms with Gasteiger partial charge in [-0.1, -0.05) is 6.92 Å². The van der Waals surface area contributed by atoms with Crippen LogP contribution in [0.25, 0.3) is 0 Å². The van der Waals surface area contributed by atoms with E-state index in [1.165, 1.54) is 0 Å². The molecule has 0 aromatic heterocycles. The first kappa shape index (κ1) is 16.0. The van der Waals surface area contributed by atoms with Crippen molar-refractivity contribution >= 4 is 15.5 Å². The van der Waals surface area contributed by atoms with Crippen LogP contribution < -0.4 is 5.32 Å². The number of nitrogens with zero attached hydrogens (tertiary/aromatic N) is 1. The first-order chi connectivity index (χ1) is 8.95. The molecule has 0 fully saturated rings. The number of benzene rings is 1. The quantitative estimate of drug-likeness (QED) is 0.744. The molecule has 19 heavy (non-hydrogen) atoms. The van der Waals surface area contributed by atoms with E-state index in [9.17, 15) is 8.42 Å². The van der Waals surface area contributed by atoms with Crippen LogP contribution >= 0.6 is 0 Å². The molecule has 0 saturated heterocycles. The van der Waals surface area contributed by atoms with Crippen LogP contribution in [-0.4, -0.2) is 46.3 Å². The monoisotopic (exact) mass is 284 g/mol. The molecule has 0 aliphatic carbocycles. The molecule has 1 N–H and O–H groups in total. The van der Waals surface area contributed by atoms with Gasteiger partial charge in [0.1, 0.15) is 0 Å². The van der Waals surface area contributed by atoms with Crippen LogP contribution in [0.3, 0.4) is 0 Å². The fourth-order valence-electron chi connectivity index (χ4n) is 1.79. The van der Waals surface area contributed by atoms with E-state index in [4.69, 9.17) is 0 Å². The number of hydrogen-bond acceptors (Lipinski definition) is 4. The van der Waals surface area contributed by atoms with Crippen LogP contribution in [0.2, 0.25) is 0 Å². The average Bonchev–Trinajstić information content (AvgIpc) is 2.35. The largest absolute Gasteiger partial charge is 0.385 e. The molecule has 5 heteroatoms. The van der Waals surface area contributed by atoms with Gasteiger partial charge in [0, 0.05) is 12.2 Å².